The summed E-state index contributed by atoms with van der Waals surface area (Å²) in [4.78, 5) is 49.9. The SMILES string of the molecule is CN(Cc1cc(CNC(=O)c2cc3c(ccc4ccccc43)o2)ccc1C=O)C1CCC(=O)NC1=O. The average Bonchev–Trinajstić information content (AvgIpc) is 3.32. The standard InChI is InChI=1S/C28H25N3O5/c1-31(23-9-11-26(33)30-27(23)34)15-20-12-17(6-7-19(20)16-32)14-29-28(35)25-13-22-21-5-3-2-4-18(21)8-10-24(22)36-25/h2-8,10,12-13,16,23H,9,11,14-15H2,1H3,(H,29,35)(H,30,33,34). The van der Waals surface area contributed by atoms with Crippen LogP contribution in [0.5, 0.6) is 0 Å². The molecule has 8 nitrogen and oxygen atoms in total. The number of aldehydes is 1. The highest BCUT2D eigenvalue weighted by Gasteiger charge is 2.30. The third kappa shape index (κ3) is 4.63. The number of rotatable bonds is 7. The summed E-state index contributed by atoms with van der Waals surface area (Å²) in [5.74, 6) is -0.710. The summed E-state index contributed by atoms with van der Waals surface area (Å²) in [6.45, 7) is 0.587. The van der Waals surface area contributed by atoms with Crippen LogP contribution in [-0.2, 0) is 22.7 Å². The van der Waals surface area contributed by atoms with Crippen molar-refractivity contribution in [3.8, 4) is 0 Å². The molecule has 1 aromatic heterocycles. The molecule has 3 amide bonds. The number of furan rings is 1. The first kappa shape index (κ1) is 23.4. The van der Waals surface area contributed by atoms with E-state index < -0.39 is 6.04 Å². The lowest BCUT2D eigenvalue weighted by atomic mass is 10.0. The first-order valence-electron chi connectivity index (χ1n) is 11.7. The maximum atomic E-state index is 12.8. The van der Waals surface area contributed by atoms with Gasteiger partial charge in [-0.05, 0) is 47.5 Å². The topological polar surface area (TPSA) is 109 Å². The van der Waals surface area contributed by atoms with Gasteiger partial charge in [0.1, 0.15) is 11.9 Å². The van der Waals surface area contributed by atoms with Crippen LogP contribution in [0.25, 0.3) is 21.7 Å². The van der Waals surface area contributed by atoms with Crippen molar-refractivity contribution in [2.75, 3.05) is 7.05 Å². The van der Waals surface area contributed by atoms with Crippen LogP contribution < -0.4 is 10.6 Å². The Morgan fingerprint density at radius 2 is 1.94 bits per heavy atom. The minimum Gasteiger partial charge on any atom is -0.451 e. The van der Waals surface area contributed by atoms with Gasteiger partial charge in [0.25, 0.3) is 5.91 Å². The summed E-state index contributed by atoms with van der Waals surface area (Å²) in [7, 11) is 1.79. The van der Waals surface area contributed by atoms with Gasteiger partial charge in [-0.3, -0.25) is 29.4 Å². The molecular formula is C28H25N3O5. The Labute approximate surface area is 207 Å². The van der Waals surface area contributed by atoms with Crippen LogP contribution in [0.2, 0.25) is 0 Å². The Morgan fingerprint density at radius 1 is 1.11 bits per heavy atom. The predicted octanol–water partition coefficient (Wildman–Crippen LogP) is 3.57. The first-order valence-corrected chi connectivity index (χ1v) is 11.7. The molecule has 182 valence electrons. The lowest BCUT2D eigenvalue weighted by Crippen LogP contribution is -2.51. The van der Waals surface area contributed by atoms with Gasteiger partial charge in [0, 0.05) is 30.5 Å². The Kier molecular flexibility index (Phi) is 6.35. The minimum absolute atomic E-state index is 0.226. The van der Waals surface area contributed by atoms with Crippen LogP contribution in [0.1, 0.15) is 44.9 Å². The number of imide groups is 1. The second-order valence-electron chi connectivity index (χ2n) is 9.02. The smallest absolute Gasteiger partial charge is 0.287 e. The van der Waals surface area contributed by atoms with Crippen molar-refractivity contribution in [2.45, 2.75) is 32.0 Å². The Hall–Kier alpha value is -4.30. The molecule has 1 fully saturated rings. The third-order valence-electron chi connectivity index (χ3n) is 6.60. The van der Waals surface area contributed by atoms with Crippen LogP contribution in [0.3, 0.4) is 0 Å². The summed E-state index contributed by atoms with van der Waals surface area (Å²) >= 11 is 0. The molecule has 5 rings (SSSR count). The van der Waals surface area contributed by atoms with Crippen molar-refractivity contribution in [3.63, 3.8) is 0 Å². The zero-order valence-corrected chi connectivity index (χ0v) is 19.7. The second-order valence-corrected chi connectivity index (χ2v) is 9.02. The number of carbonyl (C=O) groups is 4. The molecule has 8 heteroatoms. The summed E-state index contributed by atoms with van der Waals surface area (Å²) < 4.78 is 5.80. The van der Waals surface area contributed by atoms with Crippen LogP contribution in [0.15, 0.2) is 65.1 Å². The molecule has 0 radical (unpaired) electrons. The van der Waals surface area contributed by atoms with E-state index in [0.29, 0.717) is 24.1 Å². The van der Waals surface area contributed by atoms with E-state index in [-0.39, 0.29) is 36.4 Å². The van der Waals surface area contributed by atoms with Gasteiger partial charge in [0.05, 0.1) is 6.04 Å². The van der Waals surface area contributed by atoms with Gasteiger partial charge in [-0.25, -0.2) is 0 Å². The van der Waals surface area contributed by atoms with Crippen molar-refractivity contribution in [3.05, 3.63) is 83.1 Å². The molecule has 1 saturated heterocycles. The van der Waals surface area contributed by atoms with Crippen LogP contribution in [0, 0.1) is 0 Å². The summed E-state index contributed by atoms with van der Waals surface area (Å²) in [6.07, 6.45) is 1.49. The number of amides is 3. The zero-order valence-electron chi connectivity index (χ0n) is 19.7. The molecule has 0 bridgehead atoms. The normalized spacial score (nSPS) is 15.9. The largest absolute Gasteiger partial charge is 0.451 e. The number of piperidine rings is 1. The van der Waals surface area contributed by atoms with Gasteiger partial charge < -0.3 is 9.73 Å². The van der Waals surface area contributed by atoms with Crippen molar-refractivity contribution in [1.82, 2.24) is 15.5 Å². The predicted molar refractivity (Wildman–Crippen MR) is 134 cm³/mol. The molecule has 1 aliphatic rings. The van der Waals surface area contributed by atoms with Gasteiger partial charge in [-0.1, -0.05) is 48.5 Å². The molecule has 36 heavy (non-hydrogen) atoms. The highest BCUT2D eigenvalue weighted by molar-refractivity contribution is 6.08. The van der Waals surface area contributed by atoms with Crippen molar-refractivity contribution < 1.29 is 23.6 Å². The van der Waals surface area contributed by atoms with E-state index in [2.05, 4.69) is 10.6 Å². The number of nitrogens with one attached hydrogen (secondary N) is 2. The number of carbonyl (C=O) groups excluding carboxylic acids is 4. The van der Waals surface area contributed by atoms with Crippen molar-refractivity contribution >= 4 is 45.7 Å². The highest BCUT2D eigenvalue weighted by atomic mass is 16.3. The van der Waals surface area contributed by atoms with Gasteiger partial charge in [0.2, 0.25) is 11.8 Å². The zero-order chi connectivity index (χ0) is 25.2. The van der Waals surface area contributed by atoms with Gasteiger partial charge in [0.15, 0.2) is 5.76 Å². The van der Waals surface area contributed by atoms with Gasteiger partial charge in [-0.2, -0.15) is 0 Å². The molecule has 2 N–H and O–H groups in total. The number of fused-ring (bicyclic) bond motifs is 3. The molecule has 1 atom stereocenters. The van der Waals surface area contributed by atoms with Crippen molar-refractivity contribution in [2.24, 2.45) is 0 Å². The molecule has 4 aromatic rings. The number of benzene rings is 3. The summed E-state index contributed by atoms with van der Waals surface area (Å²) in [5.41, 5.74) is 2.70. The quantitative estimate of drug-likeness (QED) is 0.307. The summed E-state index contributed by atoms with van der Waals surface area (Å²) in [5, 5.41) is 8.21. The molecule has 0 spiro atoms. The van der Waals surface area contributed by atoms with Gasteiger partial charge in [-0.15, -0.1) is 0 Å². The van der Waals surface area contributed by atoms with Gasteiger partial charge >= 0.3 is 0 Å². The summed E-state index contributed by atoms with van der Waals surface area (Å²) in [6, 6.07) is 18.4. The van der Waals surface area contributed by atoms with Crippen molar-refractivity contribution in [1.29, 1.82) is 0 Å². The number of likely N-dealkylation sites (N-methyl/N-ethyl adjacent to an activating group) is 1. The second kappa shape index (κ2) is 9.75. The average molecular weight is 484 g/mol. The van der Waals surface area contributed by atoms with E-state index in [1.807, 2.05) is 47.4 Å². The van der Waals surface area contributed by atoms with Crippen LogP contribution in [0.4, 0.5) is 0 Å². The fraction of sp³-hybridized carbons (Fsp3) is 0.214. The Bertz CT molecular complexity index is 1510. The highest BCUT2D eigenvalue weighted by Crippen LogP contribution is 2.28. The van der Waals surface area contributed by atoms with E-state index in [0.717, 1.165) is 33.6 Å². The maximum absolute atomic E-state index is 12.8. The Morgan fingerprint density at radius 3 is 2.75 bits per heavy atom. The third-order valence-corrected chi connectivity index (χ3v) is 6.60. The van der Waals surface area contributed by atoms with E-state index in [1.165, 1.54) is 0 Å². The number of nitrogens with zero attached hydrogens (tertiary/aromatic N) is 1. The molecule has 3 aromatic carbocycles. The molecule has 1 unspecified atom stereocenters. The Balaban J connectivity index is 1.30. The van der Waals surface area contributed by atoms with E-state index in [1.54, 1.807) is 25.2 Å². The monoisotopic (exact) mass is 483 g/mol. The van der Waals surface area contributed by atoms with Crippen LogP contribution in [-0.4, -0.2) is 42.0 Å². The molecule has 1 aliphatic heterocycles. The first-order chi connectivity index (χ1) is 17.4. The van der Waals surface area contributed by atoms with E-state index >= 15 is 0 Å². The van der Waals surface area contributed by atoms with Crippen LogP contribution >= 0.6 is 0 Å². The lowest BCUT2D eigenvalue weighted by Gasteiger charge is -2.30. The molecule has 2 heterocycles. The number of hydrogen-bond acceptors (Lipinski definition) is 6. The number of hydrogen-bond donors (Lipinski definition) is 2. The van der Waals surface area contributed by atoms with E-state index in [9.17, 15) is 19.2 Å². The lowest BCUT2D eigenvalue weighted by molar-refractivity contribution is -0.137. The maximum Gasteiger partial charge on any atom is 0.287 e. The fourth-order valence-corrected chi connectivity index (χ4v) is 4.68. The van der Waals surface area contributed by atoms with E-state index in [4.69, 9.17) is 4.42 Å². The minimum atomic E-state index is -0.449. The molecule has 0 saturated carbocycles. The molecular weight excluding hydrogens is 458 g/mol. The molecule has 0 aliphatic carbocycles. The fourth-order valence-electron chi connectivity index (χ4n) is 4.68.